The Balaban J connectivity index is 1.66. The largest absolute Gasteiger partial charge is 0.457 e. The number of nitrogen functional groups attached to an aromatic ring is 1. The highest BCUT2D eigenvalue weighted by Gasteiger charge is 2.24. The first-order chi connectivity index (χ1) is 9.61. The second kappa shape index (κ2) is 5.17. The standard InChI is InChI=1S/C15H17NO4/c1-9-2-4-12(19-9)8-18-15(17)14-7-10-6-11(16)3-5-13(10)20-14/h3,5-7,9,12H,2,4,8,16H2,1H3. The van der Waals surface area contributed by atoms with E-state index >= 15 is 0 Å². The minimum absolute atomic E-state index is 0.00558. The van der Waals surface area contributed by atoms with Gasteiger partial charge in [0.25, 0.3) is 0 Å². The van der Waals surface area contributed by atoms with Crippen LogP contribution >= 0.6 is 0 Å². The Bertz CT molecular complexity index is 634. The molecule has 2 atom stereocenters. The second-order valence-electron chi connectivity index (χ2n) is 5.15. The van der Waals surface area contributed by atoms with E-state index in [1.165, 1.54) is 0 Å². The van der Waals surface area contributed by atoms with E-state index in [9.17, 15) is 4.79 Å². The van der Waals surface area contributed by atoms with E-state index in [-0.39, 0.29) is 24.6 Å². The molecule has 0 saturated carbocycles. The van der Waals surface area contributed by atoms with Crippen molar-refractivity contribution in [3.05, 3.63) is 30.0 Å². The summed E-state index contributed by atoms with van der Waals surface area (Å²) < 4.78 is 16.3. The Morgan fingerprint density at radius 2 is 2.25 bits per heavy atom. The molecule has 3 rings (SSSR count). The molecule has 1 aliphatic heterocycles. The number of nitrogens with two attached hydrogens (primary N) is 1. The predicted octanol–water partition coefficient (Wildman–Crippen LogP) is 2.74. The van der Waals surface area contributed by atoms with Gasteiger partial charge in [0.05, 0.1) is 12.2 Å². The molecule has 0 spiro atoms. The van der Waals surface area contributed by atoms with E-state index in [0.717, 1.165) is 18.2 Å². The molecule has 106 valence electrons. The summed E-state index contributed by atoms with van der Waals surface area (Å²) >= 11 is 0. The van der Waals surface area contributed by atoms with Crippen molar-refractivity contribution in [2.75, 3.05) is 12.3 Å². The lowest BCUT2D eigenvalue weighted by Gasteiger charge is -2.10. The fourth-order valence-corrected chi connectivity index (χ4v) is 2.41. The van der Waals surface area contributed by atoms with Crippen molar-refractivity contribution < 1.29 is 18.7 Å². The Morgan fingerprint density at radius 3 is 3.00 bits per heavy atom. The molecule has 0 radical (unpaired) electrons. The van der Waals surface area contributed by atoms with Gasteiger partial charge in [0, 0.05) is 11.1 Å². The molecule has 1 aromatic carbocycles. The number of esters is 1. The van der Waals surface area contributed by atoms with Crippen LogP contribution < -0.4 is 5.73 Å². The number of benzene rings is 1. The summed E-state index contributed by atoms with van der Waals surface area (Å²) in [5.74, 6) is -0.278. The van der Waals surface area contributed by atoms with Gasteiger partial charge >= 0.3 is 5.97 Å². The highest BCUT2D eigenvalue weighted by atomic mass is 16.6. The number of furan rings is 1. The van der Waals surface area contributed by atoms with Crippen LogP contribution in [0.1, 0.15) is 30.3 Å². The number of ether oxygens (including phenoxy) is 2. The summed E-state index contributed by atoms with van der Waals surface area (Å²) in [6, 6.07) is 6.88. The lowest BCUT2D eigenvalue weighted by Crippen LogP contribution is -2.18. The van der Waals surface area contributed by atoms with E-state index in [2.05, 4.69) is 0 Å². The van der Waals surface area contributed by atoms with E-state index in [1.807, 2.05) is 6.92 Å². The van der Waals surface area contributed by atoms with Crippen molar-refractivity contribution in [1.82, 2.24) is 0 Å². The van der Waals surface area contributed by atoms with Gasteiger partial charge < -0.3 is 19.6 Å². The van der Waals surface area contributed by atoms with Gasteiger partial charge in [-0.3, -0.25) is 0 Å². The molecule has 1 aromatic heterocycles. The minimum Gasteiger partial charge on any atom is -0.457 e. The number of carbonyl (C=O) groups is 1. The molecular weight excluding hydrogens is 258 g/mol. The van der Waals surface area contributed by atoms with E-state index in [0.29, 0.717) is 11.3 Å². The van der Waals surface area contributed by atoms with Crippen molar-refractivity contribution in [3.8, 4) is 0 Å². The van der Waals surface area contributed by atoms with Gasteiger partial charge in [0.2, 0.25) is 5.76 Å². The maximum absolute atomic E-state index is 11.9. The van der Waals surface area contributed by atoms with Gasteiger partial charge in [-0.15, -0.1) is 0 Å². The van der Waals surface area contributed by atoms with Crippen LogP contribution in [0.3, 0.4) is 0 Å². The summed E-state index contributed by atoms with van der Waals surface area (Å²) in [7, 11) is 0. The first-order valence-electron chi connectivity index (χ1n) is 6.73. The highest BCUT2D eigenvalue weighted by molar-refractivity contribution is 5.93. The number of fused-ring (bicyclic) bond motifs is 1. The minimum atomic E-state index is -0.470. The summed E-state index contributed by atoms with van der Waals surface area (Å²) in [4.78, 5) is 11.9. The highest BCUT2D eigenvalue weighted by Crippen LogP contribution is 2.23. The Labute approximate surface area is 116 Å². The van der Waals surface area contributed by atoms with Crippen LogP contribution in [-0.2, 0) is 9.47 Å². The topological polar surface area (TPSA) is 74.7 Å². The Hall–Kier alpha value is -2.01. The first kappa shape index (κ1) is 13.0. The zero-order valence-corrected chi connectivity index (χ0v) is 11.3. The van der Waals surface area contributed by atoms with E-state index < -0.39 is 5.97 Å². The number of carbonyl (C=O) groups excluding carboxylic acids is 1. The molecule has 1 saturated heterocycles. The van der Waals surface area contributed by atoms with Crippen molar-refractivity contribution >= 4 is 22.6 Å². The third-order valence-corrected chi connectivity index (χ3v) is 3.46. The number of hydrogen-bond donors (Lipinski definition) is 1. The van der Waals surface area contributed by atoms with Gasteiger partial charge in [-0.25, -0.2) is 4.79 Å². The molecule has 0 amide bonds. The summed E-state index contributed by atoms with van der Waals surface area (Å²) in [6.07, 6.45) is 2.17. The Morgan fingerprint density at radius 1 is 1.40 bits per heavy atom. The number of rotatable bonds is 3. The fraction of sp³-hybridized carbons (Fsp3) is 0.400. The lowest BCUT2D eigenvalue weighted by molar-refractivity contribution is -0.00422. The molecule has 2 heterocycles. The maximum Gasteiger partial charge on any atom is 0.374 e. The van der Waals surface area contributed by atoms with Crippen LogP contribution in [-0.4, -0.2) is 24.8 Å². The van der Waals surface area contributed by atoms with Crippen LogP contribution in [0.25, 0.3) is 11.0 Å². The van der Waals surface area contributed by atoms with Crippen molar-refractivity contribution in [1.29, 1.82) is 0 Å². The molecule has 2 unspecified atom stereocenters. The van der Waals surface area contributed by atoms with E-state index in [4.69, 9.17) is 19.6 Å². The van der Waals surface area contributed by atoms with Gasteiger partial charge in [0.1, 0.15) is 12.2 Å². The van der Waals surface area contributed by atoms with Crippen molar-refractivity contribution in [2.45, 2.75) is 32.0 Å². The molecule has 5 heteroatoms. The molecule has 2 N–H and O–H groups in total. The summed E-state index contributed by atoms with van der Waals surface area (Å²) in [5, 5.41) is 0.794. The monoisotopic (exact) mass is 275 g/mol. The van der Waals surface area contributed by atoms with Crippen LogP contribution in [0.2, 0.25) is 0 Å². The SMILES string of the molecule is CC1CCC(COC(=O)c2cc3cc(N)ccc3o2)O1. The van der Waals surface area contributed by atoms with Gasteiger partial charge in [0.15, 0.2) is 0 Å². The van der Waals surface area contributed by atoms with Crippen LogP contribution in [0.5, 0.6) is 0 Å². The average Bonchev–Trinajstić information content (AvgIpc) is 3.01. The van der Waals surface area contributed by atoms with Gasteiger partial charge in [-0.1, -0.05) is 0 Å². The third-order valence-electron chi connectivity index (χ3n) is 3.46. The molecule has 5 nitrogen and oxygen atoms in total. The normalized spacial score (nSPS) is 22.2. The zero-order valence-electron chi connectivity index (χ0n) is 11.3. The summed E-state index contributed by atoms with van der Waals surface area (Å²) in [5.41, 5.74) is 6.94. The predicted molar refractivity (Wildman–Crippen MR) is 74.5 cm³/mol. The molecule has 0 aliphatic carbocycles. The average molecular weight is 275 g/mol. The lowest BCUT2D eigenvalue weighted by atomic mass is 10.2. The molecule has 20 heavy (non-hydrogen) atoms. The number of hydrogen-bond acceptors (Lipinski definition) is 5. The summed E-state index contributed by atoms with van der Waals surface area (Å²) in [6.45, 7) is 2.29. The smallest absolute Gasteiger partial charge is 0.374 e. The zero-order chi connectivity index (χ0) is 14.1. The van der Waals surface area contributed by atoms with Crippen molar-refractivity contribution in [2.24, 2.45) is 0 Å². The molecule has 0 bridgehead atoms. The molecule has 2 aromatic rings. The van der Waals surface area contributed by atoms with Crippen LogP contribution in [0, 0.1) is 0 Å². The number of anilines is 1. The first-order valence-corrected chi connectivity index (χ1v) is 6.73. The maximum atomic E-state index is 11.9. The Kier molecular flexibility index (Phi) is 3.36. The van der Waals surface area contributed by atoms with E-state index in [1.54, 1.807) is 24.3 Å². The third kappa shape index (κ3) is 2.63. The van der Waals surface area contributed by atoms with Crippen molar-refractivity contribution in [3.63, 3.8) is 0 Å². The quantitative estimate of drug-likeness (QED) is 0.688. The van der Waals surface area contributed by atoms with Crippen LogP contribution in [0.4, 0.5) is 5.69 Å². The molecule has 1 fully saturated rings. The molecule has 1 aliphatic rings. The van der Waals surface area contributed by atoms with Crippen LogP contribution in [0.15, 0.2) is 28.7 Å². The molecular formula is C15H17NO4. The van der Waals surface area contributed by atoms with Gasteiger partial charge in [-0.05, 0) is 44.0 Å². The van der Waals surface area contributed by atoms with Gasteiger partial charge in [-0.2, -0.15) is 0 Å². The fourth-order valence-electron chi connectivity index (χ4n) is 2.41. The second-order valence-corrected chi connectivity index (χ2v) is 5.15.